The lowest BCUT2D eigenvalue weighted by Gasteiger charge is -2.10. The molecule has 2 aromatic carbocycles. The monoisotopic (exact) mass is 257 g/mol. The molecule has 0 fully saturated rings. The fraction of sp³-hybridized carbons (Fsp3) is 0.133. The smallest absolute Gasteiger partial charge is 0.146 e. The van der Waals surface area contributed by atoms with Crippen molar-refractivity contribution in [2.75, 3.05) is 0 Å². The van der Waals surface area contributed by atoms with Crippen LogP contribution in [0.15, 0.2) is 36.4 Å². The van der Waals surface area contributed by atoms with Gasteiger partial charge in [-0.2, -0.15) is 5.26 Å². The Balaban J connectivity index is 2.40. The van der Waals surface area contributed by atoms with Gasteiger partial charge in [0.2, 0.25) is 0 Å². The molecule has 2 rings (SSSR count). The van der Waals surface area contributed by atoms with Gasteiger partial charge in [0.1, 0.15) is 17.6 Å². The Bertz CT molecular complexity index is 629. The van der Waals surface area contributed by atoms with Crippen LogP contribution < -0.4 is 4.74 Å². The maximum Gasteiger partial charge on any atom is 0.146 e. The predicted molar refractivity (Wildman–Crippen MR) is 72.2 cm³/mol. The van der Waals surface area contributed by atoms with Crippen molar-refractivity contribution in [3.8, 4) is 17.6 Å². The summed E-state index contributed by atoms with van der Waals surface area (Å²) < 4.78 is 5.71. The highest BCUT2D eigenvalue weighted by Gasteiger charge is 2.08. The van der Waals surface area contributed by atoms with E-state index in [2.05, 4.69) is 6.07 Å². The molecule has 3 heteroatoms. The molecule has 0 amide bonds. The molecule has 0 atom stereocenters. The minimum atomic E-state index is 0.507. The van der Waals surface area contributed by atoms with Crippen molar-refractivity contribution in [1.82, 2.24) is 0 Å². The number of halogens is 1. The number of benzene rings is 2. The van der Waals surface area contributed by atoms with E-state index < -0.39 is 0 Å². The van der Waals surface area contributed by atoms with Crippen LogP contribution >= 0.6 is 11.6 Å². The Morgan fingerprint density at radius 2 is 1.67 bits per heavy atom. The molecule has 2 nitrogen and oxygen atoms in total. The van der Waals surface area contributed by atoms with Gasteiger partial charge >= 0.3 is 0 Å². The molecule has 0 aromatic heterocycles. The number of hydrogen-bond donors (Lipinski definition) is 0. The average Bonchev–Trinajstić information content (AvgIpc) is 2.36. The molecule has 0 aliphatic heterocycles. The van der Waals surface area contributed by atoms with E-state index in [-0.39, 0.29) is 0 Å². The summed E-state index contributed by atoms with van der Waals surface area (Å²) in [5.74, 6) is 1.09. The first-order valence-corrected chi connectivity index (χ1v) is 5.92. The Hall–Kier alpha value is -1.98. The van der Waals surface area contributed by atoms with Crippen LogP contribution in [0.5, 0.6) is 11.5 Å². The van der Waals surface area contributed by atoms with Gasteiger partial charge in [0.25, 0.3) is 0 Å². The molecule has 0 aliphatic carbocycles. The van der Waals surface area contributed by atoms with Gasteiger partial charge in [-0.05, 0) is 49.2 Å². The van der Waals surface area contributed by atoms with Crippen molar-refractivity contribution in [2.45, 2.75) is 13.8 Å². The fourth-order valence-corrected chi connectivity index (χ4v) is 1.78. The number of aryl methyl sites for hydroxylation is 2. The van der Waals surface area contributed by atoms with Crippen LogP contribution in [0.2, 0.25) is 5.02 Å². The molecule has 2 aromatic rings. The van der Waals surface area contributed by atoms with Gasteiger partial charge in [-0.15, -0.1) is 0 Å². The summed E-state index contributed by atoms with van der Waals surface area (Å²) in [6, 6.07) is 13.1. The van der Waals surface area contributed by atoms with Crippen molar-refractivity contribution in [2.24, 2.45) is 0 Å². The van der Waals surface area contributed by atoms with E-state index in [1.807, 2.05) is 32.0 Å². The van der Waals surface area contributed by atoms with Gasteiger partial charge in [-0.1, -0.05) is 23.7 Å². The first-order valence-electron chi connectivity index (χ1n) is 5.55. The van der Waals surface area contributed by atoms with E-state index in [0.717, 1.165) is 11.1 Å². The molecule has 0 N–H and O–H groups in total. The van der Waals surface area contributed by atoms with Crippen LogP contribution in [0, 0.1) is 25.2 Å². The SMILES string of the molecule is Cc1ccc(Oc2cc(C)ccc2Cl)c(C#N)c1. The zero-order valence-electron chi connectivity index (χ0n) is 10.2. The van der Waals surface area contributed by atoms with E-state index >= 15 is 0 Å². The summed E-state index contributed by atoms with van der Waals surface area (Å²) in [5, 5.41) is 9.61. The van der Waals surface area contributed by atoms with Gasteiger partial charge in [-0.25, -0.2) is 0 Å². The van der Waals surface area contributed by atoms with Gasteiger partial charge in [-0.3, -0.25) is 0 Å². The third-order valence-corrected chi connectivity index (χ3v) is 2.87. The lowest BCUT2D eigenvalue weighted by atomic mass is 10.1. The van der Waals surface area contributed by atoms with Crippen molar-refractivity contribution < 1.29 is 4.74 Å². The predicted octanol–water partition coefficient (Wildman–Crippen LogP) is 4.62. The molecule has 0 bridgehead atoms. The topological polar surface area (TPSA) is 33.0 Å². The van der Waals surface area contributed by atoms with Crippen LogP contribution in [-0.4, -0.2) is 0 Å². The van der Waals surface area contributed by atoms with Gasteiger partial charge in [0.05, 0.1) is 10.6 Å². The lowest BCUT2D eigenvalue weighted by molar-refractivity contribution is 0.481. The molecule has 0 aliphatic rings. The molecule has 0 radical (unpaired) electrons. The molecule has 0 saturated carbocycles. The number of nitriles is 1. The molecule has 0 saturated heterocycles. The van der Waals surface area contributed by atoms with Crippen LogP contribution in [0.3, 0.4) is 0 Å². The van der Waals surface area contributed by atoms with Gasteiger partial charge in [0, 0.05) is 0 Å². The number of rotatable bonds is 2. The van der Waals surface area contributed by atoms with E-state index in [1.165, 1.54) is 0 Å². The molecular formula is C15H12ClNO. The molecule has 90 valence electrons. The molecular weight excluding hydrogens is 246 g/mol. The third kappa shape index (κ3) is 2.64. The summed E-state index contributed by atoms with van der Waals surface area (Å²) in [7, 11) is 0. The Labute approximate surface area is 111 Å². The van der Waals surface area contributed by atoms with Crippen LogP contribution in [0.25, 0.3) is 0 Å². The first kappa shape index (κ1) is 12.5. The molecule has 0 heterocycles. The quantitative estimate of drug-likeness (QED) is 0.786. The fourth-order valence-electron chi connectivity index (χ4n) is 1.63. The molecule has 0 spiro atoms. The maximum absolute atomic E-state index is 9.08. The van der Waals surface area contributed by atoms with Crippen molar-refractivity contribution >= 4 is 11.6 Å². The van der Waals surface area contributed by atoms with E-state index in [9.17, 15) is 0 Å². The van der Waals surface area contributed by atoms with E-state index in [0.29, 0.717) is 22.1 Å². The van der Waals surface area contributed by atoms with Crippen LogP contribution in [0.4, 0.5) is 0 Å². The van der Waals surface area contributed by atoms with Gasteiger partial charge in [0.15, 0.2) is 0 Å². The second kappa shape index (κ2) is 5.12. The standard InChI is InChI=1S/C15H12ClNO/c1-10-4-6-14(12(7-10)9-17)18-15-8-11(2)3-5-13(15)16/h3-8H,1-2H3. The van der Waals surface area contributed by atoms with Crippen molar-refractivity contribution in [3.05, 3.63) is 58.1 Å². The Morgan fingerprint density at radius 1 is 1.00 bits per heavy atom. The highest BCUT2D eigenvalue weighted by molar-refractivity contribution is 6.32. The van der Waals surface area contributed by atoms with E-state index in [1.54, 1.807) is 18.2 Å². The highest BCUT2D eigenvalue weighted by Crippen LogP contribution is 2.32. The molecule has 0 unspecified atom stereocenters. The van der Waals surface area contributed by atoms with E-state index in [4.69, 9.17) is 21.6 Å². The summed E-state index contributed by atoms with van der Waals surface area (Å²) in [6.45, 7) is 3.90. The maximum atomic E-state index is 9.08. The Morgan fingerprint density at radius 3 is 2.39 bits per heavy atom. The van der Waals surface area contributed by atoms with Crippen LogP contribution in [0.1, 0.15) is 16.7 Å². The molecule has 18 heavy (non-hydrogen) atoms. The summed E-state index contributed by atoms with van der Waals surface area (Å²) in [5.41, 5.74) is 2.59. The zero-order chi connectivity index (χ0) is 13.1. The zero-order valence-corrected chi connectivity index (χ0v) is 11.0. The number of nitrogens with zero attached hydrogens (tertiary/aromatic N) is 1. The lowest BCUT2D eigenvalue weighted by Crippen LogP contribution is -1.90. The minimum Gasteiger partial charge on any atom is -0.454 e. The normalized spacial score (nSPS) is 9.89. The second-order valence-electron chi connectivity index (χ2n) is 4.15. The Kier molecular flexibility index (Phi) is 3.55. The van der Waals surface area contributed by atoms with Crippen molar-refractivity contribution in [1.29, 1.82) is 5.26 Å². The summed E-state index contributed by atoms with van der Waals surface area (Å²) in [6.07, 6.45) is 0. The summed E-state index contributed by atoms with van der Waals surface area (Å²) >= 11 is 6.07. The average molecular weight is 258 g/mol. The second-order valence-corrected chi connectivity index (χ2v) is 4.55. The largest absolute Gasteiger partial charge is 0.454 e. The third-order valence-electron chi connectivity index (χ3n) is 2.56. The highest BCUT2D eigenvalue weighted by atomic mass is 35.5. The summed E-state index contributed by atoms with van der Waals surface area (Å²) in [4.78, 5) is 0. The first-order chi connectivity index (χ1) is 8.60. The minimum absolute atomic E-state index is 0.507. The van der Waals surface area contributed by atoms with Crippen LogP contribution in [-0.2, 0) is 0 Å². The number of ether oxygens (including phenoxy) is 1. The number of hydrogen-bond acceptors (Lipinski definition) is 2. The van der Waals surface area contributed by atoms with Crippen molar-refractivity contribution in [3.63, 3.8) is 0 Å². The van der Waals surface area contributed by atoms with Gasteiger partial charge < -0.3 is 4.74 Å².